The summed E-state index contributed by atoms with van der Waals surface area (Å²) in [5.41, 5.74) is 1.93. The number of aryl methyl sites for hydroxylation is 1. The molecule has 3 rings (SSSR count). The second kappa shape index (κ2) is 4.68. The van der Waals surface area contributed by atoms with Crippen LogP contribution >= 0.6 is 0 Å². The molecule has 1 aliphatic heterocycles. The van der Waals surface area contributed by atoms with Gasteiger partial charge in [0.25, 0.3) is 0 Å². The third kappa shape index (κ3) is 2.13. The topological polar surface area (TPSA) is 54.5 Å². The smallest absolute Gasteiger partial charge is 0.243 e. The summed E-state index contributed by atoms with van der Waals surface area (Å²) in [4.78, 5) is 11.8. The first-order valence-corrected chi connectivity index (χ1v) is 7.92. The minimum atomic E-state index is -3.55. The Morgan fingerprint density at radius 3 is 2.55 bits per heavy atom. The van der Waals surface area contributed by atoms with E-state index in [0.717, 1.165) is 11.1 Å². The van der Waals surface area contributed by atoms with Crippen molar-refractivity contribution < 1.29 is 13.2 Å². The van der Waals surface area contributed by atoms with Crippen LogP contribution in [0.1, 0.15) is 12.0 Å². The van der Waals surface area contributed by atoms with E-state index in [-0.39, 0.29) is 23.1 Å². The van der Waals surface area contributed by atoms with E-state index >= 15 is 0 Å². The SMILES string of the molecule is Cc1ccc(S(=O)(=O)N2CC=C3C=CC(=O)C[C@H]32)cc1. The lowest BCUT2D eigenvalue weighted by atomic mass is 9.98. The lowest BCUT2D eigenvalue weighted by Crippen LogP contribution is -2.39. The molecule has 0 amide bonds. The Morgan fingerprint density at radius 1 is 1.15 bits per heavy atom. The van der Waals surface area contributed by atoms with Crippen molar-refractivity contribution in [2.24, 2.45) is 0 Å². The summed E-state index contributed by atoms with van der Waals surface area (Å²) in [6.07, 6.45) is 5.35. The molecule has 1 heterocycles. The zero-order valence-electron chi connectivity index (χ0n) is 11.1. The maximum Gasteiger partial charge on any atom is 0.243 e. The number of rotatable bonds is 2. The van der Waals surface area contributed by atoms with Crippen LogP contribution in [0.15, 0.2) is 53.0 Å². The van der Waals surface area contributed by atoms with Crippen molar-refractivity contribution in [3.8, 4) is 0 Å². The summed E-state index contributed by atoms with van der Waals surface area (Å²) in [6.45, 7) is 2.24. The molecule has 0 saturated heterocycles. The van der Waals surface area contributed by atoms with Crippen LogP contribution in [0.4, 0.5) is 0 Å². The molecule has 0 spiro atoms. The van der Waals surface area contributed by atoms with Crippen LogP contribution in [0.5, 0.6) is 0 Å². The first kappa shape index (κ1) is 13.3. The van der Waals surface area contributed by atoms with Gasteiger partial charge in [0, 0.05) is 13.0 Å². The Balaban J connectivity index is 1.95. The average molecular weight is 289 g/mol. The van der Waals surface area contributed by atoms with Crippen molar-refractivity contribution >= 4 is 15.8 Å². The number of carbonyl (C=O) groups is 1. The molecular formula is C15H15NO3S. The minimum absolute atomic E-state index is 0.0295. The molecule has 1 atom stereocenters. The molecule has 0 fully saturated rings. The van der Waals surface area contributed by atoms with Gasteiger partial charge in [-0.05, 0) is 30.7 Å². The lowest BCUT2D eigenvalue weighted by molar-refractivity contribution is -0.115. The van der Waals surface area contributed by atoms with E-state index in [0.29, 0.717) is 6.54 Å². The third-order valence-electron chi connectivity index (χ3n) is 3.72. The molecule has 0 unspecified atom stereocenters. The summed E-state index contributed by atoms with van der Waals surface area (Å²) in [5.74, 6) is -0.0295. The number of sulfonamides is 1. The summed E-state index contributed by atoms with van der Waals surface area (Å²) < 4.78 is 26.7. The molecule has 2 aliphatic rings. The maximum absolute atomic E-state index is 12.7. The van der Waals surface area contributed by atoms with E-state index in [1.54, 1.807) is 30.3 Å². The number of fused-ring (bicyclic) bond motifs is 1. The highest BCUT2D eigenvalue weighted by Gasteiger charge is 2.38. The third-order valence-corrected chi connectivity index (χ3v) is 5.61. The Hall–Kier alpha value is -1.72. The molecule has 0 N–H and O–H groups in total. The summed E-state index contributed by atoms with van der Waals surface area (Å²) in [5, 5.41) is 0. The van der Waals surface area contributed by atoms with Crippen LogP contribution in [-0.4, -0.2) is 31.1 Å². The number of allylic oxidation sites excluding steroid dienone is 1. The van der Waals surface area contributed by atoms with E-state index < -0.39 is 10.0 Å². The fraction of sp³-hybridized carbons (Fsp3) is 0.267. The second-order valence-electron chi connectivity index (χ2n) is 5.11. The van der Waals surface area contributed by atoms with Gasteiger partial charge in [0.05, 0.1) is 10.9 Å². The Morgan fingerprint density at radius 2 is 1.85 bits per heavy atom. The number of ketones is 1. The number of hydrogen-bond donors (Lipinski definition) is 0. The molecule has 0 aromatic heterocycles. The zero-order chi connectivity index (χ0) is 14.3. The fourth-order valence-corrected chi connectivity index (χ4v) is 4.14. The molecule has 5 heteroatoms. The van der Waals surface area contributed by atoms with E-state index in [9.17, 15) is 13.2 Å². The predicted molar refractivity (Wildman–Crippen MR) is 75.7 cm³/mol. The highest BCUT2D eigenvalue weighted by atomic mass is 32.2. The van der Waals surface area contributed by atoms with Gasteiger partial charge in [-0.15, -0.1) is 0 Å². The van der Waals surface area contributed by atoms with Crippen molar-refractivity contribution in [3.63, 3.8) is 0 Å². The first-order chi connectivity index (χ1) is 9.48. The Bertz CT molecular complexity index is 714. The summed E-state index contributed by atoms with van der Waals surface area (Å²) in [6, 6.07) is 6.44. The number of hydrogen-bond acceptors (Lipinski definition) is 3. The van der Waals surface area contributed by atoms with Gasteiger partial charge in [0.15, 0.2) is 5.78 Å². The van der Waals surface area contributed by atoms with Crippen LogP contribution in [0.25, 0.3) is 0 Å². The number of carbonyl (C=O) groups excluding carboxylic acids is 1. The predicted octanol–water partition coefficient (Wildman–Crippen LogP) is 1.82. The van der Waals surface area contributed by atoms with Crippen molar-refractivity contribution in [2.75, 3.05) is 6.54 Å². The molecule has 20 heavy (non-hydrogen) atoms. The molecule has 0 saturated carbocycles. The van der Waals surface area contributed by atoms with Gasteiger partial charge in [-0.1, -0.05) is 29.8 Å². The molecule has 1 aromatic carbocycles. The van der Waals surface area contributed by atoms with E-state index in [2.05, 4.69) is 0 Å². The highest BCUT2D eigenvalue weighted by Crippen LogP contribution is 2.31. The molecular weight excluding hydrogens is 274 g/mol. The average Bonchev–Trinajstić information content (AvgIpc) is 2.82. The standard InChI is InChI=1S/C15H15NO3S/c1-11-2-6-14(7-3-11)20(18,19)16-9-8-12-4-5-13(17)10-15(12)16/h2-8,15H,9-10H2,1H3/t15-/m1/s1. The van der Waals surface area contributed by atoms with Gasteiger partial charge >= 0.3 is 0 Å². The summed E-state index contributed by atoms with van der Waals surface area (Å²) >= 11 is 0. The Labute approximate surface area is 118 Å². The van der Waals surface area contributed by atoms with Crippen molar-refractivity contribution in [1.29, 1.82) is 0 Å². The minimum Gasteiger partial charge on any atom is -0.295 e. The normalized spacial score (nSPS) is 22.8. The van der Waals surface area contributed by atoms with Crippen molar-refractivity contribution in [1.82, 2.24) is 4.31 Å². The van der Waals surface area contributed by atoms with Gasteiger partial charge < -0.3 is 0 Å². The number of benzene rings is 1. The molecule has 104 valence electrons. The molecule has 4 nitrogen and oxygen atoms in total. The van der Waals surface area contributed by atoms with Crippen LogP contribution < -0.4 is 0 Å². The molecule has 0 bridgehead atoms. The van der Waals surface area contributed by atoms with Gasteiger partial charge in [0.2, 0.25) is 10.0 Å². The molecule has 1 aliphatic carbocycles. The van der Waals surface area contributed by atoms with Crippen LogP contribution in [-0.2, 0) is 14.8 Å². The highest BCUT2D eigenvalue weighted by molar-refractivity contribution is 7.89. The fourth-order valence-electron chi connectivity index (χ4n) is 2.58. The van der Waals surface area contributed by atoms with Crippen LogP contribution in [0.2, 0.25) is 0 Å². The zero-order valence-corrected chi connectivity index (χ0v) is 11.9. The van der Waals surface area contributed by atoms with Gasteiger partial charge in [-0.2, -0.15) is 4.31 Å². The van der Waals surface area contributed by atoms with Crippen LogP contribution in [0.3, 0.4) is 0 Å². The lowest BCUT2D eigenvalue weighted by Gasteiger charge is -2.26. The van der Waals surface area contributed by atoms with Crippen LogP contribution in [0, 0.1) is 6.92 Å². The summed E-state index contributed by atoms with van der Waals surface area (Å²) in [7, 11) is -3.55. The number of nitrogens with zero attached hydrogens (tertiary/aromatic N) is 1. The molecule has 0 radical (unpaired) electrons. The largest absolute Gasteiger partial charge is 0.295 e. The van der Waals surface area contributed by atoms with E-state index in [4.69, 9.17) is 0 Å². The van der Waals surface area contributed by atoms with Gasteiger partial charge in [-0.3, -0.25) is 4.79 Å². The van der Waals surface area contributed by atoms with Crippen molar-refractivity contribution in [2.45, 2.75) is 24.3 Å². The van der Waals surface area contributed by atoms with Gasteiger partial charge in [0.1, 0.15) is 0 Å². The van der Waals surface area contributed by atoms with E-state index in [1.165, 1.54) is 10.4 Å². The molecule has 1 aromatic rings. The second-order valence-corrected chi connectivity index (χ2v) is 7.00. The monoisotopic (exact) mass is 289 g/mol. The quantitative estimate of drug-likeness (QED) is 0.834. The first-order valence-electron chi connectivity index (χ1n) is 6.48. The van der Waals surface area contributed by atoms with E-state index in [1.807, 2.05) is 13.0 Å². The van der Waals surface area contributed by atoms with Crippen molar-refractivity contribution in [3.05, 3.63) is 53.6 Å². The Kier molecular flexibility index (Phi) is 3.11. The van der Waals surface area contributed by atoms with Gasteiger partial charge in [-0.25, -0.2) is 8.42 Å². The maximum atomic E-state index is 12.7.